The summed E-state index contributed by atoms with van der Waals surface area (Å²) in [6.07, 6.45) is 5.75. The van der Waals surface area contributed by atoms with E-state index in [1.54, 1.807) is 5.01 Å². The van der Waals surface area contributed by atoms with Crippen molar-refractivity contribution in [2.75, 3.05) is 7.05 Å². The van der Waals surface area contributed by atoms with E-state index in [2.05, 4.69) is 51.3 Å². The lowest BCUT2D eigenvalue weighted by atomic mass is 9.93. The molecule has 1 aliphatic heterocycles. The fourth-order valence-electron chi connectivity index (χ4n) is 2.29. The number of nitrogens with zero attached hydrogens (tertiary/aromatic N) is 3. The molecule has 0 spiro atoms. The van der Waals surface area contributed by atoms with Crippen molar-refractivity contribution >= 4 is 5.69 Å². The van der Waals surface area contributed by atoms with Gasteiger partial charge in [-0.25, -0.2) is 0 Å². The monoisotopic (exact) mass is 269 g/mol. The lowest BCUT2D eigenvalue weighted by Gasteiger charge is -2.33. The maximum atomic E-state index is 4.73. The highest BCUT2D eigenvalue weighted by molar-refractivity contribution is 5.66. The van der Waals surface area contributed by atoms with Crippen LogP contribution in [0.4, 0.5) is 5.69 Å². The molecular formula is C17H23N3-2. The van der Waals surface area contributed by atoms with E-state index in [0.717, 1.165) is 11.4 Å². The summed E-state index contributed by atoms with van der Waals surface area (Å²) >= 11 is 0. The van der Waals surface area contributed by atoms with Gasteiger partial charge in [0.1, 0.15) is 0 Å². The Labute approximate surface area is 122 Å². The summed E-state index contributed by atoms with van der Waals surface area (Å²) in [6.45, 7) is 8.83. The lowest BCUT2D eigenvalue weighted by molar-refractivity contribution is 0.607. The summed E-state index contributed by atoms with van der Waals surface area (Å²) in [6, 6.07) is 6.47. The zero-order valence-corrected chi connectivity index (χ0v) is 13.0. The predicted molar refractivity (Wildman–Crippen MR) is 86.0 cm³/mol. The third-order valence-corrected chi connectivity index (χ3v) is 3.40. The zero-order valence-electron chi connectivity index (χ0n) is 13.0. The maximum Gasteiger partial charge on any atom is -0.00912 e. The number of para-hydroxylation sites is 1. The van der Waals surface area contributed by atoms with Gasteiger partial charge >= 0.3 is 0 Å². The first-order valence-corrected chi connectivity index (χ1v) is 7.15. The molecule has 20 heavy (non-hydrogen) atoms. The number of allylic oxidation sites excluding steroid dienone is 1. The Morgan fingerprint density at radius 1 is 1.10 bits per heavy atom. The van der Waals surface area contributed by atoms with E-state index >= 15 is 0 Å². The summed E-state index contributed by atoms with van der Waals surface area (Å²) in [5.41, 5.74) is 8.92. The minimum absolute atomic E-state index is 0.463. The second kappa shape index (κ2) is 6.04. The Hall–Kier alpha value is -1.90. The van der Waals surface area contributed by atoms with E-state index in [1.807, 2.05) is 25.5 Å². The molecule has 0 saturated heterocycles. The number of rotatable bonds is 4. The quantitative estimate of drug-likeness (QED) is 0.707. The molecule has 1 aliphatic rings. The van der Waals surface area contributed by atoms with Gasteiger partial charge in [-0.1, -0.05) is 63.1 Å². The number of benzene rings is 1. The van der Waals surface area contributed by atoms with Gasteiger partial charge in [-0.05, 0) is 25.1 Å². The molecule has 0 atom stereocenters. The van der Waals surface area contributed by atoms with Crippen molar-refractivity contribution in [1.82, 2.24) is 5.01 Å². The molecule has 0 aromatic heterocycles. The second-order valence-corrected chi connectivity index (χ2v) is 5.77. The first-order chi connectivity index (χ1) is 9.49. The fraction of sp³-hybridized carbons (Fsp3) is 0.412. The summed E-state index contributed by atoms with van der Waals surface area (Å²) < 4.78 is 0. The van der Waals surface area contributed by atoms with Crippen LogP contribution in [0.3, 0.4) is 0 Å². The van der Waals surface area contributed by atoms with Gasteiger partial charge in [0.2, 0.25) is 0 Å². The van der Waals surface area contributed by atoms with Crippen molar-refractivity contribution in [2.24, 2.45) is 0 Å². The van der Waals surface area contributed by atoms with Gasteiger partial charge in [-0.3, -0.25) is 0 Å². The first kappa shape index (κ1) is 14.5. The van der Waals surface area contributed by atoms with E-state index in [9.17, 15) is 0 Å². The van der Waals surface area contributed by atoms with E-state index in [0.29, 0.717) is 11.8 Å². The summed E-state index contributed by atoms with van der Waals surface area (Å²) in [5, 5.41) is 6.52. The maximum absolute atomic E-state index is 4.73. The Morgan fingerprint density at radius 2 is 1.70 bits per heavy atom. The molecule has 1 aromatic carbocycles. The lowest BCUT2D eigenvalue weighted by Crippen LogP contribution is -1.97. The van der Waals surface area contributed by atoms with Crippen molar-refractivity contribution in [3.63, 3.8) is 0 Å². The van der Waals surface area contributed by atoms with Crippen LogP contribution in [0.1, 0.15) is 50.7 Å². The normalized spacial score (nSPS) is 16.4. The smallest absolute Gasteiger partial charge is 0.00912 e. The number of hydrogen-bond donors (Lipinski definition) is 0. The third-order valence-electron chi connectivity index (χ3n) is 3.40. The average molecular weight is 269 g/mol. The Morgan fingerprint density at radius 3 is 2.15 bits per heavy atom. The van der Waals surface area contributed by atoms with Crippen molar-refractivity contribution in [1.29, 1.82) is 0 Å². The molecule has 1 aromatic rings. The van der Waals surface area contributed by atoms with Crippen LogP contribution in [-0.2, 0) is 0 Å². The van der Waals surface area contributed by atoms with Gasteiger partial charge in [-0.2, -0.15) is 6.20 Å². The minimum atomic E-state index is 0.463. The van der Waals surface area contributed by atoms with Gasteiger partial charge in [-0.15, -0.1) is 11.4 Å². The molecule has 2 rings (SSSR count). The van der Waals surface area contributed by atoms with E-state index in [1.165, 1.54) is 11.1 Å². The Balaban J connectivity index is 2.31. The van der Waals surface area contributed by atoms with Crippen molar-refractivity contribution in [2.45, 2.75) is 39.5 Å². The Bertz CT molecular complexity index is 501. The fourth-order valence-corrected chi connectivity index (χ4v) is 2.29. The molecule has 0 amide bonds. The van der Waals surface area contributed by atoms with E-state index in [4.69, 9.17) is 5.32 Å². The van der Waals surface area contributed by atoms with Crippen LogP contribution in [0.5, 0.6) is 0 Å². The highest BCUT2D eigenvalue weighted by atomic mass is 15.5. The van der Waals surface area contributed by atoms with E-state index < -0.39 is 0 Å². The van der Waals surface area contributed by atoms with Gasteiger partial charge in [0, 0.05) is 0 Å². The number of hydrogen-bond acceptors (Lipinski definition) is 1. The van der Waals surface area contributed by atoms with Crippen LogP contribution >= 0.6 is 0 Å². The van der Waals surface area contributed by atoms with Crippen LogP contribution in [0, 0.1) is 0 Å². The molecule has 0 N–H and O–H groups in total. The molecule has 3 heteroatoms. The van der Waals surface area contributed by atoms with Crippen LogP contribution in [0.2, 0.25) is 0 Å². The van der Waals surface area contributed by atoms with E-state index in [-0.39, 0.29) is 0 Å². The van der Waals surface area contributed by atoms with Crippen LogP contribution in [0.15, 0.2) is 42.4 Å². The topological polar surface area (TPSA) is 31.4 Å². The van der Waals surface area contributed by atoms with Crippen LogP contribution in [-0.4, -0.2) is 12.1 Å². The third kappa shape index (κ3) is 3.16. The van der Waals surface area contributed by atoms with Gasteiger partial charge in [0.25, 0.3) is 0 Å². The highest BCUT2D eigenvalue weighted by Crippen LogP contribution is 2.38. The molecule has 0 bridgehead atoms. The van der Waals surface area contributed by atoms with Crippen LogP contribution in [0.25, 0.3) is 10.7 Å². The van der Waals surface area contributed by atoms with Gasteiger partial charge in [0.05, 0.1) is 0 Å². The molecular weight excluding hydrogens is 246 g/mol. The molecule has 0 fully saturated rings. The first-order valence-electron chi connectivity index (χ1n) is 7.15. The van der Waals surface area contributed by atoms with Crippen molar-refractivity contribution in [3.05, 3.63) is 64.2 Å². The average Bonchev–Trinajstić information content (AvgIpc) is 2.81. The van der Waals surface area contributed by atoms with Crippen LogP contribution < -0.4 is 0 Å². The molecule has 0 saturated carbocycles. The highest BCUT2D eigenvalue weighted by Gasteiger charge is 2.06. The molecule has 3 nitrogen and oxygen atoms in total. The van der Waals surface area contributed by atoms with Gasteiger partial charge < -0.3 is 15.8 Å². The largest absolute Gasteiger partial charge is 0.665 e. The standard InChI is InChI=1S/C17H23N3/c1-12(2)15-7-6-8-16(13(3)4)17(15)18-11-14-9-10-20(5)19-14/h6-13H,1-5H3/q-2. The zero-order chi connectivity index (χ0) is 14.7. The Kier molecular flexibility index (Phi) is 4.38. The second-order valence-electron chi connectivity index (χ2n) is 5.77. The van der Waals surface area contributed by atoms with Crippen molar-refractivity contribution in [3.8, 4) is 0 Å². The molecule has 0 radical (unpaired) electrons. The van der Waals surface area contributed by atoms with Gasteiger partial charge in [0.15, 0.2) is 0 Å². The summed E-state index contributed by atoms with van der Waals surface area (Å²) in [5.74, 6) is 0.925. The minimum Gasteiger partial charge on any atom is -0.665 e. The van der Waals surface area contributed by atoms with Crippen molar-refractivity contribution < 1.29 is 0 Å². The molecule has 0 unspecified atom stereocenters. The molecule has 0 aliphatic carbocycles. The summed E-state index contributed by atoms with van der Waals surface area (Å²) in [4.78, 5) is 0. The summed E-state index contributed by atoms with van der Waals surface area (Å²) in [7, 11) is 1.92. The molecule has 108 valence electrons. The molecule has 1 heterocycles. The predicted octanol–water partition coefficient (Wildman–Crippen LogP) is 5.53. The SMILES string of the molecule is CC(C)c1cccc(C(C)C)c1[N-]C=C1C=CN(C)[N-]1.